The van der Waals surface area contributed by atoms with E-state index in [0.29, 0.717) is 5.02 Å². The molecule has 142 valence electrons. The number of nitrogens with zero attached hydrogens (tertiary/aromatic N) is 2. The van der Waals surface area contributed by atoms with Gasteiger partial charge in [-0.1, -0.05) is 23.7 Å². The molecule has 6 nitrogen and oxygen atoms in total. The number of urea groups is 1. The molecular weight excluding hydrogens is 394 g/mol. The Kier molecular flexibility index (Phi) is 6.68. The summed E-state index contributed by atoms with van der Waals surface area (Å²) in [5, 5.41) is 3.47. The van der Waals surface area contributed by atoms with Gasteiger partial charge in [-0.3, -0.25) is 0 Å². The van der Waals surface area contributed by atoms with Gasteiger partial charge < -0.3 is 10.2 Å². The third-order valence-electron chi connectivity index (χ3n) is 4.04. The molecule has 0 spiro atoms. The van der Waals surface area contributed by atoms with Crippen LogP contribution in [-0.4, -0.2) is 44.8 Å². The number of rotatable bonds is 6. The van der Waals surface area contributed by atoms with Crippen molar-refractivity contribution in [1.29, 1.82) is 0 Å². The molecular formula is C17H22ClN3O3S2. The van der Waals surface area contributed by atoms with Crippen molar-refractivity contribution < 1.29 is 13.2 Å². The Balaban J connectivity index is 1.98. The number of benzene rings is 1. The summed E-state index contributed by atoms with van der Waals surface area (Å²) in [6.45, 7) is 2.19. The molecule has 1 aromatic heterocycles. The van der Waals surface area contributed by atoms with E-state index in [-0.39, 0.29) is 22.8 Å². The maximum atomic E-state index is 12.4. The molecule has 2 aromatic rings. The number of carbonyl (C=O) groups excluding carboxylic acids is 1. The van der Waals surface area contributed by atoms with Crippen molar-refractivity contribution in [2.24, 2.45) is 0 Å². The number of nitrogens with one attached hydrogen (secondary N) is 1. The van der Waals surface area contributed by atoms with Gasteiger partial charge in [-0.05, 0) is 36.8 Å². The summed E-state index contributed by atoms with van der Waals surface area (Å²) in [7, 11) is 1.25. The molecule has 0 unspecified atom stereocenters. The molecule has 9 heteroatoms. The molecule has 1 heterocycles. The van der Waals surface area contributed by atoms with Gasteiger partial charge in [0.1, 0.15) is 4.21 Å². The quantitative estimate of drug-likeness (QED) is 0.784. The number of carbonyl (C=O) groups is 1. The first-order valence-electron chi connectivity index (χ1n) is 7.90. The number of sulfonamides is 1. The van der Waals surface area contributed by atoms with Crippen LogP contribution in [0.15, 0.2) is 40.6 Å². The van der Waals surface area contributed by atoms with Gasteiger partial charge >= 0.3 is 6.03 Å². The van der Waals surface area contributed by atoms with Gasteiger partial charge in [-0.2, -0.15) is 0 Å². The van der Waals surface area contributed by atoms with Crippen molar-refractivity contribution in [3.05, 3.63) is 51.9 Å². The van der Waals surface area contributed by atoms with Gasteiger partial charge in [-0.15, -0.1) is 11.3 Å². The zero-order valence-electron chi connectivity index (χ0n) is 15.1. The highest BCUT2D eigenvalue weighted by Gasteiger charge is 2.20. The van der Waals surface area contributed by atoms with E-state index < -0.39 is 10.0 Å². The Labute approximate surface area is 163 Å². The molecule has 0 saturated carbocycles. The van der Waals surface area contributed by atoms with Crippen LogP contribution in [0.4, 0.5) is 4.79 Å². The van der Waals surface area contributed by atoms with Gasteiger partial charge in [0.05, 0.1) is 12.6 Å². The number of thiophene rings is 1. The van der Waals surface area contributed by atoms with Gasteiger partial charge in [-0.25, -0.2) is 17.5 Å². The van der Waals surface area contributed by atoms with E-state index in [2.05, 4.69) is 5.32 Å². The van der Waals surface area contributed by atoms with Crippen molar-refractivity contribution in [3.63, 3.8) is 0 Å². The van der Waals surface area contributed by atoms with Gasteiger partial charge in [0.15, 0.2) is 0 Å². The highest BCUT2D eigenvalue weighted by Crippen LogP contribution is 2.24. The minimum absolute atomic E-state index is 0.125. The average molecular weight is 416 g/mol. The first-order valence-corrected chi connectivity index (χ1v) is 10.5. The molecule has 0 radical (unpaired) electrons. The molecule has 1 N–H and O–H groups in total. The summed E-state index contributed by atoms with van der Waals surface area (Å²) in [5.41, 5.74) is 0.975. The lowest BCUT2D eigenvalue weighted by Crippen LogP contribution is -2.38. The molecule has 0 fully saturated rings. The van der Waals surface area contributed by atoms with Crippen molar-refractivity contribution >= 4 is 39.0 Å². The molecule has 0 aliphatic carbocycles. The van der Waals surface area contributed by atoms with Crippen LogP contribution in [0.2, 0.25) is 5.02 Å². The molecule has 1 atom stereocenters. The van der Waals surface area contributed by atoms with Crippen molar-refractivity contribution in [2.45, 2.75) is 23.7 Å². The second-order valence-corrected chi connectivity index (χ2v) is 9.99. The molecule has 2 amide bonds. The largest absolute Gasteiger partial charge is 0.333 e. The van der Waals surface area contributed by atoms with Gasteiger partial charge in [0, 0.05) is 31.0 Å². The van der Waals surface area contributed by atoms with Crippen LogP contribution >= 0.6 is 22.9 Å². The van der Waals surface area contributed by atoms with Crippen molar-refractivity contribution in [1.82, 2.24) is 14.5 Å². The molecule has 2 rings (SSSR count). The Bertz CT molecular complexity index is 864. The SMILES string of the molecule is C[C@H](c1ccc(Cl)cc1)N(C)C(=O)NCc1ccc(S(=O)(=O)N(C)C)s1. The zero-order valence-corrected chi connectivity index (χ0v) is 17.5. The van der Waals surface area contributed by atoms with E-state index >= 15 is 0 Å². The van der Waals surface area contributed by atoms with E-state index in [0.717, 1.165) is 21.8 Å². The third kappa shape index (κ3) is 4.76. The second-order valence-electron chi connectivity index (χ2n) is 6.01. The maximum absolute atomic E-state index is 12.4. The number of amides is 2. The predicted octanol–water partition coefficient (Wildman–Crippen LogP) is 3.55. The van der Waals surface area contributed by atoms with Crippen LogP contribution in [0.1, 0.15) is 23.4 Å². The maximum Gasteiger partial charge on any atom is 0.317 e. The normalized spacial score (nSPS) is 12.8. The number of halogens is 1. The summed E-state index contributed by atoms with van der Waals surface area (Å²) in [6, 6.07) is 10.3. The summed E-state index contributed by atoms with van der Waals surface area (Å²) < 4.78 is 25.6. The lowest BCUT2D eigenvalue weighted by Gasteiger charge is -2.25. The Morgan fingerprint density at radius 1 is 1.15 bits per heavy atom. The molecule has 1 aromatic carbocycles. The Morgan fingerprint density at radius 2 is 1.77 bits per heavy atom. The first kappa shape index (κ1) is 20.7. The van der Waals surface area contributed by atoms with Crippen LogP contribution in [-0.2, 0) is 16.6 Å². The second kappa shape index (κ2) is 8.39. The van der Waals surface area contributed by atoms with E-state index in [4.69, 9.17) is 11.6 Å². The van der Waals surface area contributed by atoms with E-state index in [1.54, 1.807) is 36.2 Å². The monoisotopic (exact) mass is 415 g/mol. The highest BCUT2D eigenvalue weighted by atomic mass is 35.5. The van der Waals surface area contributed by atoms with Crippen LogP contribution in [0.5, 0.6) is 0 Å². The van der Waals surface area contributed by atoms with Crippen molar-refractivity contribution in [2.75, 3.05) is 21.1 Å². The minimum Gasteiger partial charge on any atom is -0.333 e. The fourth-order valence-corrected chi connectivity index (χ4v) is 4.79. The smallest absolute Gasteiger partial charge is 0.317 e. The standard InChI is InChI=1S/C17H22ClN3O3S2/c1-12(13-5-7-14(18)8-6-13)21(4)17(22)19-11-15-9-10-16(25-15)26(23,24)20(2)3/h5-10,12H,11H2,1-4H3,(H,19,22)/t12-/m1/s1. The van der Waals surface area contributed by atoms with E-state index in [1.807, 2.05) is 19.1 Å². The fourth-order valence-electron chi connectivity index (χ4n) is 2.20. The van der Waals surface area contributed by atoms with E-state index in [9.17, 15) is 13.2 Å². The topological polar surface area (TPSA) is 69.7 Å². The first-order chi connectivity index (χ1) is 12.1. The molecule has 26 heavy (non-hydrogen) atoms. The summed E-state index contributed by atoms with van der Waals surface area (Å²) in [6.07, 6.45) is 0. The van der Waals surface area contributed by atoms with Crippen LogP contribution in [0, 0.1) is 0 Å². The van der Waals surface area contributed by atoms with Gasteiger partial charge in [0.25, 0.3) is 10.0 Å². The van der Waals surface area contributed by atoms with Gasteiger partial charge in [0.2, 0.25) is 0 Å². The molecule has 0 aliphatic heterocycles. The minimum atomic E-state index is -3.45. The Hall–Kier alpha value is -1.61. The lowest BCUT2D eigenvalue weighted by molar-refractivity contribution is 0.194. The number of hydrogen-bond donors (Lipinski definition) is 1. The molecule has 0 saturated heterocycles. The van der Waals surface area contributed by atoms with Crippen LogP contribution in [0.3, 0.4) is 0 Å². The average Bonchev–Trinajstić information content (AvgIpc) is 3.08. The third-order valence-corrected chi connectivity index (χ3v) is 7.66. The van der Waals surface area contributed by atoms with Crippen molar-refractivity contribution in [3.8, 4) is 0 Å². The highest BCUT2D eigenvalue weighted by molar-refractivity contribution is 7.91. The summed E-state index contributed by atoms with van der Waals surface area (Å²) in [4.78, 5) is 14.7. The Morgan fingerprint density at radius 3 is 2.35 bits per heavy atom. The zero-order chi connectivity index (χ0) is 19.5. The molecule has 0 aliphatic rings. The summed E-state index contributed by atoms with van der Waals surface area (Å²) in [5.74, 6) is 0. The predicted molar refractivity (Wildman–Crippen MR) is 105 cm³/mol. The number of hydrogen-bond acceptors (Lipinski definition) is 4. The fraction of sp³-hybridized carbons (Fsp3) is 0.353. The molecule has 0 bridgehead atoms. The summed E-state index contributed by atoms with van der Waals surface area (Å²) >= 11 is 7.04. The van der Waals surface area contributed by atoms with Crippen LogP contribution < -0.4 is 5.32 Å². The van der Waals surface area contributed by atoms with Crippen LogP contribution in [0.25, 0.3) is 0 Å². The lowest BCUT2D eigenvalue weighted by atomic mass is 10.1. The van der Waals surface area contributed by atoms with E-state index in [1.165, 1.54) is 18.4 Å².